The minimum absolute atomic E-state index is 0.00870. The van der Waals surface area contributed by atoms with E-state index in [1.165, 1.54) is 16.9 Å². The zero-order chi connectivity index (χ0) is 20.1. The van der Waals surface area contributed by atoms with Crippen LogP contribution in [-0.2, 0) is 11.3 Å². The summed E-state index contributed by atoms with van der Waals surface area (Å²) >= 11 is 1.43. The number of hydrogen-bond acceptors (Lipinski definition) is 5. The molecular formula is C23H25N3O2S. The van der Waals surface area contributed by atoms with Gasteiger partial charge in [0.25, 0.3) is 5.91 Å². The Balaban J connectivity index is 1.36. The Morgan fingerprint density at radius 3 is 2.66 bits per heavy atom. The van der Waals surface area contributed by atoms with E-state index in [4.69, 9.17) is 4.74 Å². The van der Waals surface area contributed by atoms with Gasteiger partial charge in [0.1, 0.15) is 4.88 Å². The normalized spacial score (nSPS) is 17.2. The molecule has 0 spiro atoms. The fraction of sp³-hybridized carbons (Fsp3) is 0.304. The number of carbonyl (C=O) groups excluding carboxylic acids is 1. The third kappa shape index (κ3) is 5.09. The minimum atomic E-state index is -0.0850. The van der Waals surface area contributed by atoms with Crippen LogP contribution >= 0.6 is 11.3 Å². The van der Waals surface area contributed by atoms with Crippen molar-refractivity contribution < 1.29 is 9.53 Å². The van der Waals surface area contributed by atoms with Crippen molar-refractivity contribution in [3.63, 3.8) is 0 Å². The summed E-state index contributed by atoms with van der Waals surface area (Å²) in [6.45, 7) is 5.73. The summed E-state index contributed by atoms with van der Waals surface area (Å²) in [4.78, 5) is 20.5. The van der Waals surface area contributed by atoms with Crippen molar-refractivity contribution in [2.24, 2.45) is 0 Å². The zero-order valence-electron chi connectivity index (χ0n) is 16.5. The average Bonchev–Trinajstić information content (AvgIpc) is 3.15. The van der Waals surface area contributed by atoms with Crippen LogP contribution in [0.3, 0.4) is 0 Å². The van der Waals surface area contributed by atoms with Crippen LogP contribution in [0.15, 0.2) is 60.7 Å². The van der Waals surface area contributed by atoms with Gasteiger partial charge in [0.15, 0.2) is 0 Å². The van der Waals surface area contributed by atoms with E-state index in [9.17, 15) is 4.79 Å². The largest absolute Gasteiger partial charge is 0.374 e. The Bertz CT molecular complexity index is 943. The highest BCUT2D eigenvalue weighted by Gasteiger charge is 2.23. The fourth-order valence-corrected chi connectivity index (χ4v) is 4.41. The first-order chi connectivity index (χ1) is 14.2. The Morgan fingerprint density at radius 1 is 1.17 bits per heavy atom. The lowest BCUT2D eigenvalue weighted by Gasteiger charge is -2.33. The molecular weight excluding hydrogens is 382 g/mol. The smallest absolute Gasteiger partial charge is 0.263 e. The number of nitrogens with zero attached hydrogens (tertiary/aromatic N) is 2. The third-order valence-corrected chi connectivity index (χ3v) is 5.92. The molecule has 4 rings (SSSR count). The van der Waals surface area contributed by atoms with E-state index in [1.54, 1.807) is 0 Å². The highest BCUT2D eigenvalue weighted by molar-refractivity contribution is 7.14. The second kappa shape index (κ2) is 9.31. The van der Waals surface area contributed by atoms with Gasteiger partial charge in [-0.15, -0.1) is 11.3 Å². The van der Waals surface area contributed by atoms with E-state index in [0.29, 0.717) is 18.0 Å². The summed E-state index contributed by atoms with van der Waals surface area (Å²) in [5, 5.41) is 3.94. The predicted octanol–water partition coefficient (Wildman–Crippen LogP) is 3.75. The average molecular weight is 408 g/mol. The molecule has 0 radical (unpaired) electrons. The quantitative estimate of drug-likeness (QED) is 0.676. The van der Waals surface area contributed by atoms with Crippen LogP contribution in [0.5, 0.6) is 0 Å². The van der Waals surface area contributed by atoms with Gasteiger partial charge in [0.05, 0.1) is 23.4 Å². The van der Waals surface area contributed by atoms with E-state index in [0.717, 1.165) is 35.9 Å². The van der Waals surface area contributed by atoms with Gasteiger partial charge in [-0.05, 0) is 12.5 Å². The van der Waals surface area contributed by atoms with Crippen LogP contribution < -0.4 is 5.32 Å². The molecule has 2 aromatic carbocycles. The molecule has 6 heteroatoms. The van der Waals surface area contributed by atoms with E-state index >= 15 is 0 Å². The summed E-state index contributed by atoms with van der Waals surface area (Å²) in [6, 6.07) is 20.3. The molecule has 0 saturated carbocycles. The maximum absolute atomic E-state index is 12.9. The molecule has 5 nitrogen and oxygen atoms in total. The number of aryl methyl sites for hydroxylation is 1. The minimum Gasteiger partial charge on any atom is -0.374 e. The van der Waals surface area contributed by atoms with Crippen molar-refractivity contribution in [1.82, 2.24) is 15.2 Å². The predicted molar refractivity (Wildman–Crippen MR) is 116 cm³/mol. The first-order valence-corrected chi connectivity index (χ1v) is 10.7. The molecule has 0 aliphatic carbocycles. The first kappa shape index (κ1) is 19.8. The van der Waals surface area contributed by atoms with Gasteiger partial charge in [-0.2, -0.15) is 0 Å². The molecule has 1 aliphatic rings. The summed E-state index contributed by atoms with van der Waals surface area (Å²) < 4.78 is 5.88. The fourth-order valence-electron chi connectivity index (χ4n) is 3.55. The summed E-state index contributed by atoms with van der Waals surface area (Å²) in [6.07, 6.45) is -0.00870. The lowest BCUT2D eigenvalue weighted by Crippen LogP contribution is -2.47. The standard InChI is InChI=1S/C23H25N3O2S/c1-17-25-21(19-10-6-3-7-11-19)22(29-17)23(27)24-14-20-16-26(12-13-28-20)15-18-8-4-2-5-9-18/h2-11,20H,12-16H2,1H3,(H,24,27). The highest BCUT2D eigenvalue weighted by atomic mass is 32.1. The van der Waals surface area contributed by atoms with Crippen molar-refractivity contribution >= 4 is 17.2 Å². The number of amides is 1. The van der Waals surface area contributed by atoms with Crippen molar-refractivity contribution in [3.8, 4) is 11.3 Å². The molecule has 0 bridgehead atoms. The van der Waals surface area contributed by atoms with Crippen molar-refractivity contribution in [3.05, 3.63) is 76.1 Å². The highest BCUT2D eigenvalue weighted by Crippen LogP contribution is 2.27. The number of hydrogen-bond donors (Lipinski definition) is 1. The number of thiazole rings is 1. The number of carbonyl (C=O) groups is 1. The van der Waals surface area contributed by atoms with E-state index in [2.05, 4.69) is 39.5 Å². The molecule has 1 saturated heterocycles. The maximum Gasteiger partial charge on any atom is 0.263 e. The van der Waals surface area contributed by atoms with Crippen molar-refractivity contribution in [1.29, 1.82) is 0 Å². The number of aromatic nitrogens is 1. The van der Waals surface area contributed by atoms with Gasteiger partial charge in [-0.1, -0.05) is 60.7 Å². The van der Waals surface area contributed by atoms with Gasteiger partial charge in [0, 0.05) is 31.7 Å². The number of benzene rings is 2. The van der Waals surface area contributed by atoms with Gasteiger partial charge < -0.3 is 10.1 Å². The first-order valence-electron chi connectivity index (χ1n) is 9.88. The maximum atomic E-state index is 12.9. The number of rotatable bonds is 6. The second-order valence-corrected chi connectivity index (χ2v) is 8.40. The Kier molecular flexibility index (Phi) is 6.34. The molecule has 1 amide bonds. The zero-order valence-corrected chi connectivity index (χ0v) is 17.3. The Hall–Kier alpha value is -2.54. The van der Waals surface area contributed by atoms with E-state index in [1.807, 2.05) is 43.3 Å². The van der Waals surface area contributed by atoms with E-state index < -0.39 is 0 Å². The van der Waals surface area contributed by atoms with E-state index in [-0.39, 0.29) is 12.0 Å². The second-order valence-electron chi connectivity index (χ2n) is 7.20. The Labute approximate surface area is 175 Å². The van der Waals surface area contributed by atoms with Crippen LogP contribution in [-0.4, -0.2) is 48.1 Å². The number of nitrogens with one attached hydrogen (secondary N) is 1. The molecule has 150 valence electrons. The molecule has 1 fully saturated rings. The lowest BCUT2D eigenvalue weighted by atomic mass is 10.1. The van der Waals surface area contributed by atoms with Gasteiger partial charge >= 0.3 is 0 Å². The van der Waals surface area contributed by atoms with Crippen LogP contribution in [0.1, 0.15) is 20.2 Å². The molecule has 29 heavy (non-hydrogen) atoms. The van der Waals surface area contributed by atoms with Crippen molar-refractivity contribution in [2.75, 3.05) is 26.2 Å². The lowest BCUT2D eigenvalue weighted by molar-refractivity contribution is -0.0292. The molecule has 3 aromatic rings. The van der Waals surface area contributed by atoms with Crippen LogP contribution in [0.2, 0.25) is 0 Å². The number of ether oxygens (including phenoxy) is 1. The SMILES string of the molecule is Cc1nc(-c2ccccc2)c(C(=O)NCC2CN(Cc3ccccc3)CCO2)s1. The van der Waals surface area contributed by atoms with Gasteiger partial charge in [-0.25, -0.2) is 4.98 Å². The molecule has 1 unspecified atom stereocenters. The molecule has 1 N–H and O–H groups in total. The van der Waals surface area contributed by atoms with Gasteiger partial charge in [-0.3, -0.25) is 9.69 Å². The number of morpholine rings is 1. The molecule has 1 atom stereocenters. The van der Waals surface area contributed by atoms with Crippen LogP contribution in [0, 0.1) is 6.92 Å². The van der Waals surface area contributed by atoms with Crippen LogP contribution in [0.4, 0.5) is 0 Å². The molecule has 1 aromatic heterocycles. The van der Waals surface area contributed by atoms with Crippen LogP contribution in [0.25, 0.3) is 11.3 Å². The summed E-state index contributed by atoms with van der Waals surface area (Å²) in [5.41, 5.74) is 3.01. The summed E-state index contributed by atoms with van der Waals surface area (Å²) in [7, 11) is 0. The monoisotopic (exact) mass is 407 g/mol. The van der Waals surface area contributed by atoms with Gasteiger partial charge in [0.2, 0.25) is 0 Å². The molecule has 2 heterocycles. The van der Waals surface area contributed by atoms with Crippen molar-refractivity contribution in [2.45, 2.75) is 19.6 Å². The topological polar surface area (TPSA) is 54.5 Å². The molecule has 1 aliphatic heterocycles. The third-order valence-electron chi connectivity index (χ3n) is 4.95. The summed E-state index contributed by atoms with van der Waals surface area (Å²) in [5.74, 6) is -0.0850. The Morgan fingerprint density at radius 2 is 1.90 bits per heavy atom.